The molecule has 2 saturated carbocycles. The Labute approximate surface area is 313 Å². The second kappa shape index (κ2) is 17.0. The number of H-pyrrole nitrogens is 1. The van der Waals surface area contributed by atoms with Crippen molar-refractivity contribution >= 4 is 34.4 Å². The quantitative estimate of drug-likeness (QED) is 0.0874. The van der Waals surface area contributed by atoms with Gasteiger partial charge >= 0.3 is 11.9 Å². The molecule has 0 bridgehead atoms. The zero-order valence-corrected chi connectivity index (χ0v) is 30.6. The molecule has 1 unspecified atom stereocenters. The molecule has 6 rings (SSSR count). The Bertz CT molecular complexity index is 1980. The van der Waals surface area contributed by atoms with Gasteiger partial charge < -0.3 is 39.8 Å². The Balaban J connectivity index is 0.963. The summed E-state index contributed by atoms with van der Waals surface area (Å²) in [7, 11) is 1.51. The van der Waals surface area contributed by atoms with Crippen LogP contribution in [0.3, 0.4) is 0 Å². The lowest BCUT2D eigenvalue weighted by Crippen LogP contribution is -2.37. The molecular weight excluding hydrogens is 700 g/mol. The van der Waals surface area contributed by atoms with Crippen LogP contribution in [0.1, 0.15) is 86.1 Å². The molecule has 1 atom stereocenters. The largest absolute Gasteiger partial charge is 0.506 e. The minimum atomic E-state index is -0.939. The predicted molar refractivity (Wildman–Crippen MR) is 201 cm³/mol. The van der Waals surface area contributed by atoms with E-state index in [9.17, 15) is 29.7 Å². The summed E-state index contributed by atoms with van der Waals surface area (Å²) in [5.41, 5.74) is 2.46. The van der Waals surface area contributed by atoms with E-state index >= 15 is 0 Å². The van der Waals surface area contributed by atoms with Crippen LogP contribution in [0.25, 0.3) is 10.9 Å². The van der Waals surface area contributed by atoms with Crippen molar-refractivity contribution in [3.8, 4) is 17.2 Å². The van der Waals surface area contributed by atoms with Crippen molar-refractivity contribution < 1.29 is 39.1 Å². The van der Waals surface area contributed by atoms with Crippen LogP contribution in [0.5, 0.6) is 17.2 Å². The van der Waals surface area contributed by atoms with Gasteiger partial charge in [0.1, 0.15) is 23.4 Å². The lowest BCUT2D eigenvalue weighted by Gasteiger charge is -2.34. The number of ether oxygens (including phenoxy) is 3. The molecule has 0 amide bonds. The number of hydrogen-bond acceptors (Lipinski definition) is 9. The van der Waals surface area contributed by atoms with E-state index in [1.54, 1.807) is 24.3 Å². The van der Waals surface area contributed by atoms with E-state index in [4.69, 9.17) is 25.8 Å². The third kappa shape index (κ3) is 8.97. The molecular formula is C41H47ClN2O9. The van der Waals surface area contributed by atoms with Crippen LogP contribution in [-0.4, -0.2) is 58.6 Å². The first kappa shape index (κ1) is 38.2. The molecule has 1 heterocycles. The zero-order chi connectivity index (χ0) is 37.5. The average Bonchev–Trinajstić information content (AvgIpc) is 3.16. The fraction of sp³-hybridized carbons (Fsp3) is 0.439. The van der Waals surface area contributed by atoms with Gasteiger partial charge in [-0.1, -0.05) is 61.2 Å². The van der Waals surface area contributed by atoms with Crippen molar-refractivity contribution in [3.63, 3.8) is 0 Å². The molecule has 0 aliphatic heterocycles. The summed E-state index contributed by atoms with van der Waals surface area (Å²) >= 11 is 6.53. The van der Waals surface area contributed by atoms with Gasteiger partial charge in [-0.2, -0.15) is 0 Å². The number of carbonyl (C=O) groups excluding carboxylic acids is 1. The molecule has 5 N–H and O–H groups in total. The van der Waals surface area contributed by atoms with E-state index < -0.39 is 23.5 Å². The number of phenolic OH excluding ortho intramolecular Hbond substituents is 1. The van der Waals surface area contributed by atoms with Crippen molar-refractivity contribution in [2.24, 2.45) is 5.92 Å². The van der Waals surface area contributed by atoms with Crippen molar-refractivity contribution in [1.82, 2.24) is 10.3 Å². The molecule has 2 fully saturated rings. The summed E-state index contributed by atoms with van der Waals surface area (Å²) in [4.78, 5) is 39.4. The number of aromatic hydroxyl groups is 1. The van der Waals surface area contributed by atoms with Crippen LogP contribution in [0.15, 0.2) is 65.5 Å². The van der Waals surface area contributed by atoms with Gasteiger partial charge in [-0.3, -0.25) is 9.59 Å². The number of aliphatic carboxylic acids is 1. The highest BCUT2D eigenvalue weighted by atomic mass is 35.5. The summed E-state index contributed by atoms with van der Waals surface area (Å²) in [5.74, 6) is -0.0882. The molecule has 4 aromatic rings. The van der Waals surface area contributed by atoms with Gasteiger partial charge in [0.15, 0.2) is 6.61 Å². The van der Waals surface area contributed by atoms with E-state index in [1.165, 1.54) is 19.2 Å². The lowest BCUT2D eigenvalue weighted by molar-refractivity contribution is -0.153. The highest BCUT2D eigenvalue weighted by molar-refractivity contribution is 6.32. The maximum atomic E-state index is 12.8. The summed E-state index contributed by atoms with van der Waals surface area (Å²) in [6, 6.07) is 17.4. The maximum absolute atomic E-state index is 12.8. The van der Waals surface area contributed by atoms with Crippen LogP contribution >= 0.6 is 11.6 Å². The number of rotatable bonds is 14. The molecule has 2 aliphatic carbocycles. The topological polar surface area (TPSA) is 167 Å². The fourth-order valence-electron chi connectivity index (χ4n) is 7.94. The van der Waals surface area contributed by atoms with E-state index in [-0.39, 0.29) is 46.9 Å². The van der Waals surface area contributed by atoms with Gasteiger partial charge in [0, 0.05) is 36.2 Å². The Morgan fingerprint density at radius 1 is 1.00 bits per heavy atom. The Kier molecular flexibility index (Phi) is 12.3. The Hall–Kier alpha value is -4.58. The molecule has 2 aliphatic rings. The number of carbonyl (C=O) groups is 2. The average molecular weight is 747 g/mol. The van der Waals surface area contributed by atoms with Crippen LogP contribution in [0.2, 0.25) is 5.02 Å². The SMILES string of the molecule is COc1cc(OCC(=O)OC2CCC(Cc3cccc(C4(C(=O)O)CCCCC4)c3)CC2)c(Cl)cc1CNCC(O)c1ccc(O)c2[nH]c(=O)ccc12. The molecule has 3 aromatic carbocycles. The smallest absolute Gasteiger partial charge is 0.344 e. The van der Waals surface area contributed by atoms with Crippen LogP contribution in [-0.2, 0) is 32.7 Å². The molecule has 1 aromatic heterocycles. The van der Waals surface area contributed by atoms with Gasteiger partial charge in [0.25, 0.3) is 0 Å². The maximum Gasteiger partial charge on any atom is 0.344 e. The van der Waals surface area contributed by atoms with E-state index in [2.05, 4.69) is 22.4 Å². The molecule has 12 heteroatoms. The van der Waals surface area contributed by atoms with Gasteiger partial charge in [0.2, 0.25) is 5.56 Å². The molecule has 0 spiro atoms. The number of aliphatic hydroxyl groups excluding tert-OH is 1. The fourth-order valence-corrected chi connectivity index (χ4v) is 8.18. The number of nitrogens with one attached hydrogen (secondary N) is 2. The van der Waals surface area contributed by atoms with Crippen molar-refractivity contribution in [3.05, 3.63) is 98.3 Å². The summed E-state index contributed by atoms with van der Waals surface area (Å²) < 4.78 is 17.1. The van der Waals surface area contributed by atoms with Crippen molar-refractivity contribution in [2.75, 3.05) is 20.3 Å². The summed E-state index contributed by atoms with van der Waals surface area (Å²) in [6.07, 6.45) is 7.42. The minimum Gasteiger partial charge on any atom is -0.506 e. The second-order valence-electron chi connectivity index (χ2n) is 14.3. The number of carboxylic acid groups (broad SMARTS) is 1. The highest BCUT2D eigenvalue weighted by Crippen LogP contribution is 2.41. The number of benzene rings is 3. The molecule has 11 nitrogen and oxygen atoms in total. The van der Waals surface area contributed by atoms with Crippen molar-refractivity contribution in [2.45, 2.75) is 88.4 Å². The normalized spacial score (nSPS) is 19.0. The number of hydrogen-bond donors (Lipinski definition) is 5. The number of carboxylic acids is 1. The van der Waals surface area contributed by atoms with Crippen molar-refractivity contribution in [1.29, 1.82) is 0 Å². The number of pyridine rings is 1. The molecule has 282 valence electrons. The number of aromatic nitrogens is 1. The van der Waals surface area contributed by atoms with Crippen LogP contribution in [0.4, 0.5) is 0 Å². The first-order chi connectivity index (χ1) is 25.6. The Morgan fingerprint density at radius 2 is 1.77 bits per heavy atom. The number of phenols is 1. The zero-order valence-electron chi connectivity index (χ0n) is 29.9. The number of fused-ring (bicyclic) bond motifs is 1. The lowest BCUT2D eigenvalue weighted by atomic mass is 9.69. The second-order valence-corrected chi connectivity index (χ2v) is 14.7. The van der Waals surface area contributed by atoms with Crippen LogP contribution < -0.4 is 20.3 Å². The summed E-state index contributed by atoms with van der Waals surface area (Å²) in [5, 5.41) is 35.2. The standard InChI is InChI=1S/C41H47ClN2O9/c1-51-35-21-36(32(42)20-27(35)22-43-23-34(46)30-12-14-33(45)39-31(30)13-15-37(47)44-39)52-24-38(48)53-29-10-8-25(9-11-29)18-26-6-5-7-28(19-26)41(40(49)50)16-3-2-4-17-41/h5-7,12-15,19-21,25,29,34,43,45-46H,2-4,8-11,16-18,22-24H2,1H3,(H,44,47)(H,49,50). The first-order valence-corrected chi connectivity index (χ1v) is 18.7. The third-order valence-corrected chi connectivity index (χ3v) is 11.1. The molecule has 0 radical (unpaired) electrons. The number of halogens is 1. The summed E-state index contributed by atoms with van der Waals surface area (Å²) in [6.45, 7) is 0.148. The van der Waals surface area contributed by atoms with E-state index in [0.717, 1.165) is 62.5 Å². The first-order valence-electron chi connectivity index (χ1n) is 18.3. The highest BCUT2D eigenvalue weighted by Gasteiger charge is 2.41. The molecule has 53 heavy (non-hydrogen) atoms. The van der Waals surface area contributed by atoms with E-state index in [1.807, 2.05) is 12.1 Å². The Morgan fingerprint density at radius 3 is 2.51 bits per heavy atom. The molecule has 0 saturated heterocycles. The minimum absolute atomic E-state index is 0.0819. The van der Waals surface area contributed by atoms with Gasteiger partial charge in [-0.25, -0.2) is 4.79 Å². The number of aromatic amines is 1. The third-order valence-electron chi connectivity index (χ3n) is 10.8. The number of methoxy groups -OCH3 is 1. The number of esters is 1. The number of aliphatic hydroxyl groups is 1. The monoisotopic (exact) mass is 746 g/mol. The predicted octanol–water partition coefficient (Wildman–Crippen LogP) is 6.73. The van der Waals surface area contributed by atoms with Gasteiger partial charge in [-0.05, 0) is 85.8 Å². The van der Waals surface area contributed by atoms with Gasteiger partial charge in [-0.15, -0.1) is 0 Å². The van der Waals surface area contributed by atoms with E-state index in [0.29, 0.717) is 47.6 Å². The van der Waals surface area contributed by atoms with Crippen LogP contribution in [0, 0.1) is 5.92 Å². The van der Waals surface area contributed by atoms with Gasteiger partial charge in [0.05, 0.1) is 29.2 Å².